The third-order valence-corrected chi connectivity index (χ3v) is 5.08. The number of rotatable bonds is 6. The standard InChI is InChI=1S/C18H22N2O3S/c1-4-10-19-18(21)15-6-5-7-17(12-15)24(22,23)20-16-9-8-13(2)14(3)11-16/h5-9,11-12,20H,4,10H2,1-3H3,(H,19,21). The third kappa shape index (κ3) is 4.35. The third-order valence-electron chi connectivity index (χ3n) is 3.70. The van der Waals surface area contributed by atoms with E-state index in [9.17, 15) is 13.2 Å². The van der Waals surface area contributed by atoms with E-state index in [2.05, 4.69) is 10.0 Å². The van der Waals surface area contributed by atoms with Crippen molar-refractivity contribution in [3.8, 4) is 0 Å². The van der Waals surface area contributed by atoms with Gasteiger partial charge in [-0.2, -0.15) is 0 Å². The topological polar surface area (TPSA) is 75.3 Å². The first kappa shape index (κ1) is 18.0. The Hall–Kier alpha value is -2.34. The molecule has 6 heteroatoms. The maximum Gasteiger partial charge on any atom is 0.261 e. The van der Waals surface area contributed by atoms with Gasteiger partial charge >= 0.3 is 0 Å². The molecule has 0 atom stereocenters. The van der Waals surface area contributed by atoms with Crippen LogP contribution in [-0.2, 0) is 10.0 Å². The predicted molar refractivity (Wildman–Crippen MR) is 95.8 cm³/mol. The van der Waals surface area contributed by atoms with Gasteiger partial charge in [0.2, 0.25) is 0 Å². The van der Waals surface area contributed by atoms with Crippen LogP contribution in [0.3, 0.4) is 0 Å². The average molecular weight is 346 g/mol. The summed E-state index contributed by atoms with van der Waals surface area (Å²) in [5.74, 6) is -0.278. The highest BCUT2D eigenvalue weighted by atomic mass is 32.2. The van der Waals surface area contributed by atoms with E-state index < -0.39 is 10.0 Å². The maximum absolute atomic E-state index is 12.5. The quantitative estimate of drug-likeness (QED) is 0.843. The number of carbonyl (C=O) groups is 1. The Balaban J connectivity index is 2.25. The fourth-order valence-corrected chi connectivity index (χ4v) is 3.26. The molecular formula is C18H22N2O3S. The molecule has 0 aliphatic rings. The van der Waals surface area contributed by atoms with Gasteiger partial charge in [-0.05, 0) is 61.7 Å². The zero-order chi connectivity index (χ0) is 17.7. The first-order chi connectivity index (χ1) is 11.3. The molecule has 0 spiro atoms. The molecule has 0 unspecified atom stereocenters. The van der Waals surface area contributed by atoms with E-state index in [1.807, 2.05) is 26.8 Å². The predicted octanol–water partition coefficient (Wildman–Crippen LogP) is 3.24. The molecule has 0 aliphatic carbocycles. The molecule has 0 radical (unpaired) electrons. The number of carbonyl (C=O) groups excluding carboxylic acids is 1. The Morgan fingerprint density at radius 2 is 1.79 bits per heavy atom. The summed E-state index contributed by atoms with van der Waals surface area (Å²) in [6.45, 7) is 6.39. The minimum absolute atomic E-state index is 0.0601. The first-order valence-corrected chi connectivity index (χ1v) is 9.30. The fraction of sp³-hybridized carbons (Fsp3) is 0.278. The van der Waals surface area contributed by atoms with Gasteiger partial charge in [0.15, 0.2) is 0 Å². The molecule has 128 valence electrons. The van der Waals surface area contributed by atoms with E-state index in [-0.39, 0.29) is 10.8 Å². The van der Waals surface area contributed by atoms with Crippen LogP contribution in [0.1, 0.15) is 34.8 Å². The van der Waals surface area contributed by atoms with Crippen molar-refractivity contribution in [1.29, 1.82) is 0 Å². The van der Waals surface area contributed by atoms with Gasteiger partial charge in [0.1, 0.15) is 0 Å². The van der Waals surface area contributed by atoms with Crippen molar-refractivity contribution in [1.82, 2.24) is 5.32 Å². The number of hydrogen-bond donors (Lipinski definition) is 2. The number of benzene rings is 2. The molecule has 24 heavy (non-hydrogen) atoms. The molecule has 5 nitrogen and oxygen atoms in total. The highest BCUT2D eigenvalue weighted by Crippen LogP contribution is 2.19. The van der Waals surface area contributed by atoms with Crippen molar-refractivity contribution in [2.75, 3.05) is 11.3 Å². The lowest BCUT2D eigenvalue weighted by molar-refractivity contribution is 0.0953. The van der Waals surface area contributed by atoms with Crippen LogP contribution in [-0.4, -0.2) is 20.9 Å². The number of nitrogens with one attached hydrogen (secondary N) is 2. The Morgan fingerprint density at radius 1 is 1.04 bits per heavy atom. The molecular weight excluding hydrogens is 324 g/mol. The van der Waals surface area contributed by atoms with Crippen molar-refractivity contribution in [2.24, 2.45) is 0 Å². The van der Waals surface area contributed by atoms with Gasteiger partial charge in [0, 0.05) is 17.8 Å². The summed E-state index contributed by atoms with van der Waals surface area (Å²) in [5, 5.41) is 2.74. The Morgan fingerprint density at radius 3 is 2.46 bits per heavy atom. The average Bonchev–Trinajstić information content (AvgIpc) is 2.56. The normalized spacial score (nSPS) is 11.1. The van der Waals surface area contributed by atoms with Crippen LogP contribution in [0.5, 0.6) is 0 Å². The number of anilines is 1. The number of sulfonamides is 1. The molecule has 2 aromatic carbocycles. The molecule has 2 rings (SSSR count). The zero-order valence-corrected chi connectivity index (χ0v) is 14.9. The number of hydrogen-bond acceptors (Lipinski definition) is 3. The maximum atomic E-state index is 12.5. The summed E-state index contributed by atoms with van der Waals surface area (Å²) >= 11 is 0. The van der Waals surface area contributed by atoms with Gasteiger partial charge in [-0.3, -0.25) is 9.52 Å². The number of aryl methyl sites for hydroxylation is 2. The van der Waals surface area contributed by atoms with Crippen molar-refractivity contribution < 1.29 is 13.2 Å². The second-order valence-corrected chi connectivity index (χ2v) is 7.37. The van der Waals surface area contributed by atoms with Gasteiger partial charge in [-0.15, -0.1) is 0 Å². The van der Waals surface area contributed by atoms with Crippen LogP contribution < -0.4 is 10.0 Å². The van der Waals surface area contributed by atoms with E-state index in [1.165, 1.54) is 12.1 Å². The van der Waals surface area contributed by atoms with E-state index in [0.29, 0.717) is 17.8 Å². The lowest BCUT2D eigenvalue weighted by atomic mass is 10.1. The van der Waals surface area contributed by atoms with E-state index in [1.54, 1.807) is 24.3 Å². The summed E-state index contributed by atoms with van der Waals surface area (Å²) < 4.78 is 27.6. The highest BCUT2D eigenvalue weighted by Gasteiger charge is 2.16. The lowest BCUT2D eigenvalue weighted by Gasteiger charge is -2.11. The first-order valence-electron chi connectivity index (χ1n) is 7.82. The molecule has 0 aliphatic heterocycles. The van der Waals surface area contributed by atoms with Crippen LogP contribution in [0.2, 0.25) is 0 Å². The number of amides is 1. The molecule has 0 fully saturated rings. The van der Waals surface area contributed by atoms with Crippen LogP contribution in [0, 0.1) is 13.8 Å². The molecule has 2 aromatic rings. The Bertz CT molecular complexity index is 845. The van der Waals surface area contributed by atoms with Gasteiger partial charge in [-0.1, -0.05) is 19.1 Å². The lowest BCUT2D eigenvalue weighted by Crippen LogP contribution is -2.24. The van der Waals surface area contributed by atoms with Gasteiger partial charge in [-0.25, -0.2) is 8.42 Å². The van der Waals surface area contributed by atoms with Gasteiger partial charge in [0.25, 0.3) is 15.9 Å². The SMILES string of the molecule is CCCNC(=O)c1cccc(S(=O)(=O)Nc2ccc(C)c(C)c2)c1. The van der Waals surface area contributed by atoms with Crippen LogP contribution in [0.25, 0.3) is 0 Å². The monoisotopic (exact) mass is 346 g/mol. The summed E-state index contributed by atoms with van der Waals surface area (Å²) in [5.41, 5.74) is 2.92. The molecule has 0 saturated carbocycles. The molecule has 0 heterocycles. The van der Waals surface area contributed by atoms with Crippen molar-refractivity contribution in [3.05, 3.63) is 59.2 Å². The van der Waals surface area contributed by atoms with E-state index in [4.69, 9.17) is 0 Å². The van der Waals surface area contributed by atoms with Gasteiger partial charge in [0.05, 0.1) is 4.90 Å². The van der Waals surface area contributed by atoms with Crippen LogP contribution in [0.4, 0.5) is 5.69 Å². The zero-order valence-electron chi connectivity index (χ0n) is 14.1. The minimum Gasteiger partial charge on any atom is -0.352 e. The molecule has 1 amide bonds. The van der Waals surface area contributed by atoms with Crippen molar-refractivity contribution in [2.45, 2.75) is 32.1 Å². The van der Waals surface area contributed by atoms with E-state index in [0.717, 1.165) is 17.5 Å². The van der Waals surface area contributed by atoms with Crippen LogP contribution >= 0.6 is 0 Å². The molecule has 0 bridgehead atoms. The second kappa shape index (κ2) is 7.49. The molecule has 0 aromatic heterocycles. The summed E-state index contributed by atoms with van der Waals surface area (Å²) in [4.78, 5) is 12.1. The summed E-state index contributed by atoms with van der Waals surface area (Å²) in [6.07, 6.45) is 0.818. The molecule has 2 N–H and O–H groups in total. The Kier molecular flexibility index (Phi) is 5.62. The Labute approximate surface area is 143 Å². The smallest absolute Gasteiger partial charge is 0.261 e. The minimum atomic E-state index is -3.75. The molecule has 0 saturated heterocycles. The summed E-state index contributed by atoms with van der Waals surface area (Å²) in [7, 11) is -3.75. The van der Waals surface area contributed by atoms with Crippen molar-refractivity contribution >= 4 is 21.6 Å². The van der Waals surface area contributed by atoms with Crippen LogP contribution in [0.15, 0.2) is 47.4 Å². The highest BCUT2D eigenvalue weighted by molar-refractivity contribution is 7.92. The van der Waals surface area contributed by atoms with Crippen molar-refractivity contribution in [3.63, 3.8) is 0 Å². The fourth-order valence-electron chi connectivity index (χ4n) is 2.16. The van der Waals surface area contributed by atoms with E-state index >= 15 is 0 Å². The second-order valence-electron chi connectivity index (χ2n) is 5.69. The largest absolute Gasteiger partial charge is 0.352 e. The van der Waals surface area contributed by atoms with Gasteiger partial charge < -0.3 is 5.32 Å². The summed E-state index contributed by atoms with van der Waals surface area (Å²) in [6, 6.07) is 11.4.